The van der Waals surface area contributed by atoms with Crippen molar-refractivity contribution in [3.8, 4) is 0 Å². The van der Waals surface area contributed by atoms with E-state index in [1.54, 1.807) is 6.92 Å². The second-order valence-corrected chi connectivity index (χ2v) is 9.08. The summed E-state index contributed by atoms with van der Waals surface area (Å²) in [6.45, 7) is 6.65. The first-order valence-corrected chi connectivity index (χ1v) is 11.4. The van der Waals surface area contributed by atoms with Crippen LogP contribution < -0.4 is 14.9 Å². The van der Waals surface area contributed by atoms with Crippen LogP contribution in [-0.4, -0.2) is 38.6 Å². The Labute approximate surface area is 171 Å². The van der Waals surface area contributed by atoms with E-state index in [0.29, 0.717) is 5.69 Å². The fraction of sp³-hybridized carbons (Fsp3) is 0.500. The van der Waals surface area contributed by atoms with Gasteiger partial charge in [-0.3, -0.25) is 4.79 Å². The molecule has 2 aromatic rings. The van der Waals surface area contributed by atoms with Gasteiger partial charge in [0.15, 0.2) is 5.76 Å². The summed E-state index contributed by atoms with van der Waals surface area (Å²) in [4.78, 5) is 14.8. The fourth-order valence-electron chi connectivity index (χ4n) is 3.54. The molecule has 1 amide bonds. The quantitative estimate of drug-likeness (QED) is 0.744. The van der Waals surface area contributed by atoms with Crippen molar-refractivity contribution >= 4 is 27.3 Å². The molecule has 158 valence electrons. The van der Waals surface area contributed by atoms with Gasteiger partial charge < -0.3 is 14.7 Å². The zero-order valence-corrected chi connectivity index (χ0v) is 17.9. The molecule has 9 heteroatoms. The molecule has 1 aromatic carbocycles. The minimum Gasteiger partial charge on any atom is -0.372 e. The Morgan fingerprint density at radius 3 is 2.28 bits per heavy atom. The van der Waals surface area contributed by atoms with E-state index in [0.717, 1.165) is 18.8 Å². The maximum Gasteiger partial charge on any atom is 0.246 e. The van der Waals surface area contributed by atoms with E-state index < -0.39 is 22.0 Å². The number of hydrogen-bond donors (Lipinski definition) is 2. The van der Waals surface area contributed by atoms with Crippen LogP contribution in [0.4, 0.5) is 11.4 Å². The Morgan fingerprint density at radius 1 is 1.10 bits per heavy atom. The first-order chi connectivity index (χ1) is 13.8. The Morgan fingerprint density at radius 2 is 1.72 bits per heavy atom. The number of carbonyl (C=O) groups is 1. The number of hydrogen-bond acceptors (Lipinski definition) is 6. The summed E-state index contributed by atoms with van der Waals surface area (Å²) in [6, 6.07) is 6.69. The third-order valence-electron chi connectivity index (χ3n) is 5.07. The van der Waals surface area contributed by atoms with Crippen LogP contribution in [0.25, 0.3) is 0 Å². The third-order valence-corrected chi connectivity index (χ3v) is 6.85. The normalized spacial score (nSPS) is 16.3. The molecule has 1 saturated heterocycles. The van der Waals surface area contributed by atoms with E-state index in [1.807, 2.05) is 24.3 Å². The first-order valence-electron chi connectivity index (χ1n) is 9.89. The van der Waals surface area contributed by atoms with Crippen LogP contribution in [0, 0.1) is 13.8 Å². The number of carbonyl (C=O) groups excluding carboxylic acids is 1. The van der Waals surface area contributed by atoms with Gasteiger partial charge in [-0.25, -0.2) is 8.42 Å². The number of amides is 1. The lowest BCUT2D eigenvalue weighted by molar-refractivity contribution is -0.117. The first kappa shape index (κ1) is 21.3. The molecular formula is C20H28N4O4S. The SMILES string of the molecule is Cc1noc(C)c1S(=O)(=O)N[C@@H](C)C(=O)Nc1ccc(N2CCCCCC2)cc1. The predicted molar refractivity (Wildman–Crippen MR) is 112 cm³/mol. The molecule has 1 atom stereocenters. The van der Waals surface area contributed by atoms with Crippen LogP contribution in [0.5, 0.6) is 0 Å². The molecule has 1 aliphatic heterocycles. The molecule has 0 saturated carbocycles. The largest absolute Gasteiger partial charge is 0.372 e. The van der Waals surface area contributed by atoms with Crippen molar-refractivity contribution in [2.45, 2.75) is 57.4 Å². The number of aromatic nitrogens is 1. The number of nitrogens with zero attached hydrogens (tertiary/aromatic N) is 2. The monoisotopic (exact) mass is 420 g/mol. The summed E-state index contributed by atoms with van der Waals surface area (Å²) >= 11 is 0. The zero-order valence-electron chi connectivity index (χ0n) is 17.1. The van der Waals surface area contributed by atoms with Gasteiger partial charge in [-0.05, 0) is 57.9 Å². The van der Waals surface area contributed by atoms with Crippen LogP contribution in [0.1, 0.15) is 44.1 Å². The molecule has 2 N–H and O–H groups in total. The molecule has 8 nitrogen and oxygen atoms in total. The maximum absolute atomic E-state index is 12.6. The number of rotatable bonds is 6. The molecule has 0 aliphatic carbocycles. The van der Waals surface area contributed by atoms with Crippen LogP contribution in [0.2, 0.25) is 0 Å². The van der Waals surface area contributed by atoms with E-state index in [-0.39, 0.29) is 16.3 Å². The zero-order chi connectivity index (χ0) is 21.0. The third kappa shape index (κ3) is 5.16. The average Bonchev–Trinajstić information content (AvgIpc) is 2.87. The van der Waals surface area contributed by atoms with E-state index in [1.165, 1.54) is 39.5 Å². The smallest absolute Gasteiger partial charge is 0.246 e. The van der Waals surface area contributed by atoms with Crippen molar-refractivity contribution in [2.24, 2.45) is 0 Å². The minimum absolute atomic E-state index is 0.0287. The molecule has 0 bridgehead atoms. The fourth-order valence-corrected chi connectivity index (χ4v) is 5.07. The van der Waals surface area contributed by atoms with Crippen LogP contribution >= 0.6 is 0 Å². The maximum atomic E-state index is 12.6. The van der Waals surface area contributed by atoms with Gasteiger partial charge >= 0.3 is 0 Å². The van der Waals surface area contributed by atoms with Crippen molar-refractivity contribution in [1.82, 2.24) is 9.88 Å². The Bertz CT molecular complexity index is 926. The second-order valence-electron chi connectivity index (χ2n) is 7.43. The van der Waals surface area contributed by atoms with Crippen LogP contribution in [0.15, 0.2) is 33.7 Å². The lowest BCUT2D eigenvalue weighted by Gasteiger charge is -2.23. The molecule has 3 rings (SSSR count). The van der Waals surface area contributed by atoms with Crippen LogP contribution in [0.3, 0.4) is 0 Å². The van der Waals surface area contributed by atoms with Gasteiger partial charge in [-0.1, -0.05) is 18.0 Å². The number of nitrogens with one attached hydrogen (secondary N) is 2. The van der Waals surface area contributed by atoms with E-state index in [9.17, 15) is 13.2 Å². The summed E-state index contributed by atoms with van der Waals surface area (Å²) in [6.07, 6.45) is 4.93. The molecule has 0 radical (unpaired) electrons. The van der Waals surface area contributed by atoms with Gasteiger partial charge in [0, 0.05) is 24.5 Å². The topological polar surface area (TPSA) is 105 Å². The number of benzene rings is 1. The van der Waals surface area contributed by atoms with Crippen molar-refractivity contribution in [1.29, 1.82) is 0 Å². The lowest BCUT2D eigenvalue weighted by atomic mass is 10.2. The molecule has 1 aromatic heterocycles. The summed E-state index contributed by atoms with van der Waals surface area (Å²) < 4.78 is 32.4. The molecule has 29 heavy (non-hydrogen) atoms. The number of sulfonamides is 1. The van der Waals surface area contributed by atoms with E-state index in [4.69, 9.17) is 4.52 Å². The number of aryl methyl sites for hydroxylation is 2. The summed E-state index contributed by atoms with van der Waals surface area (Å²) in [7, 11) is -3.91. The Balaban J connectivity index is 1.62. The molecular weight excluding hydrogens is 392 g/mol. The van der Waals surface area contributed by atoms with Crippen molar-refractivity contribution in [3.63, 3.8) is 0 Å². The van der Waals surface area contributed by atoms with E-state index >= 15 is 0 Å². The summed E-state index contributed by atoms with van der Waals surface area (Å²) in [5.41, 5.74) is 2.01. The number of anilines is 2. The van der Waals surface area contributed by atoms with Gasteiger partial charge in [0.25, 0.3) is 0 Å². The molecule has 1 fully saturated rings. The van der Waals surface area contributed by atoms with Crippen molar-refractivity contribution in [3.05, 3.63) is 35.7 Å². The Kier molecular flexibility index (Phi) is 6.59. The highest BCUT2D eigenvalue weighted by molar-refractivity contribution is 7.89. The molecule has 2 heterocycles. The predicted octanol–water partition coefficient (Wildman–Crippen LogP) is 2.98. The highest BCUT2D eigenvalue weighted by Crippen LogP contribution is 2.22. The van der Waals surface area contributed by atoms with Crippen molar-refractivity contribution in [2.75, 3.05) is 23.3 Å². The Hall–Kier alpha value is -2.39. The van der Waals surface area contributed by atoms with Crippen LogP contribution in [-0.2, 0) is 14.8 Å². The summed E-state index contributed by atoms with van der Waals surface area (Å²) in [5, 5.41) is 6.41. The van der Waals surface area contributed by atoms with Gasteiger partial charge in [0.2, 0.25) is 15.9 Å². The minimum atomic E-state index is -3.91. The average molecular weight is 421 g/mol. The second kappa shape index (κ2) is 8.96. The standard InChI is InChI=1S/C20H28N4O4S/c1-14-19(16(3)28-22-14)29(26,27)23-15(2)20(25)21-17-8-10-18(11-9-17)24-12-6-4-5-7-13-24/h8-11,15,23H,4-7,12-13H2,1-3H3,(H,21,25)/t15-/m0/s1. The summed E-state index contributed by atoms with van der Waals surface area (Å²) in [5.74, 6) is -0.255. The molecule has 0 spiro atoms. The van der Waals surface area contributed by atoms with Gasteiger partial charge in [0.1, 0.15) is 10.6 Å². The lowest BCUT2D eigenvalue weighted by Crippen LogP contribution is -2.41. The van der Waals surface area contributed by atoms with E-state index in [2.05, 4.69) is 20.1 Å². The van der Waals surface area contributed by atoms with Gasteiger partial charge in [-0.2, -0.15) is 4.72 Å². The molecule has 0 unspecified atom stereocenters. The molecule has 1 aliphatic rings. The van der Waals surface area contributed by atoms with Crippen molar-refractivity contribution < 1.29 is 17.7 Å². The van der Waals surface area contributed by atoms with Gasteiger partial charge in [-0.15, -0.1) is 0 Å². The van der Waals surface area contributed by atoms with Gasteiger partial charge in [0.05, 0.1) is 6.04 Å². The highest BCUT2D eigenvalue weighted by Gasteiger charge is 2.28. The highest BCUT2D eigenvalue weighted by atomic mass is 32.2.